The van der Waals surface area contributed by atoms with Gasteiger partial charge in [0.25, 0.3) is 0 Å². The number of ether oxygens (including phenoxy) is 2. The van der Waals surface area contributed by atoms with Crippen LogP contribution >= 0.6 is 22.2 Å². The second-order valence-electron chi connectivity index (χ2n) is 9.27. The van der Waals surface area contributed by atoms with E-state index < -0.39 is 22.4 Å². The molecule has 0 aromatic heterocycles. The van der Waals surface area contributed by atoms with Gasteiger partial charge in [0.05, 0.1) is 22.7 Å². The van der Waals surface area contributed by atoms with Gasteiger partial charge in [0.2, 0.25) is 5.83 Å². The van der Waals surface area contributed by atoms with Gasteiger partial charge in [-0.3, -0.25) is 9.11 Å². The van der Waals surface area contributed by atoms with E-state index in [0.29, 0.717) is 18.5 Å². The van der Waals surface area contributed by atoms with Crippen molar-refractivity contribution in [3.8, 4) is 5.75 Å². The Morgan fingerprint density at radius 3 is 2.39 bits per heavy atom. The molecule has 6 nitrogen and oxygen atoms in total. The minimum absolute atomic E-state index is 0.0112. The average molecular weight is 540 g/mol. The molecule has 0 spiro atoms. The number of unbranched alkanes of at least 4 members (excludes halogenated alkanes) is 2. The third-order valence-electron chi connectivity index (χ3n) is 6.52. The molecule has 2 N–H and O–H groups in total. The fraction of sp³-hybridized carbons (Fsp3) is 0.444. The molecule has 2 aromatic rings. The molecule has 0 bridgehead atoms. The summed E-state index contributed by atoms with van der Waals surface area (Å²) in [5.74, 6) is -2.20. The lowest BCUT2D eigenvalue weighted by molar-refractivity contribution is -0.137. The molecule has 2 aromatic carbocycles. The van der Waals surface area contributed by atoms with Crippen LogP contribution in [-0.2, 0) is 9.53 Å². The number of esters is 1. The van der Waals surface area contributed by atoms with Gasteiger partial charge in [-0.25, -0.2) is 4.79 Å². The van der Waals surface area contributed by atoms with Crippen molar-refractivity contribution in [3.05, 3.63) is 59.6 Å². The molecule has 198 valence electrons. The average Bonchev–Trinajstić information content (AvgIpc) is 2.96. The Morgan fingerprint density at radius 1 is 1.17 bits per heavy atom. The zero-order valence-corrected chi connectivity index (χ0v) is 22.6. The largest absolute Gasteiger partial charge is 0.464 e. The Morgan fingerprint density at radius 2 is 1.81 bits per heavy atom. The summed E-state index contributed by atoms with van der Waals surface area (Å²) >= 11 is 6.52. The Balaban J connectivity index is 2.16. The Kier molecular flexibility index (Phi) is 9.69. The number of carbonyl (C=O) groups excluding carboxylic acids is 1. The molecule has 0 unspecified atom stereocenters. The number of benzene rings is 2. The quantitative estimate of drug-likeness (QED) is 0.179. The molecular formula is C27H35ClFNO5S. The summed E-state index contributed by atoms with van der Waals surface area (Å²) in [5, 5.41) is 0.147. The summed E-state index contributed by atoms with van der Waals surface area (Å²) in [4.78, 5) is 13.8. The molecule has 3 rings (SSSR count). The summed E-state index contributed by atoms with van der Waals surface area (Å²) in [5.41, 5.74) is 1.16. The molecule has 0 fully saturated rings. The number of carbonyl (C=O) groups is 1. The van der Waals surface area contributed by atoms with Crippen LogP contribution in [0.5, 0.6) is 5.75 Å². The van der Waals surface area contributed by atoms with E-state index >= 15 is 0 Å². The van der Waals surface area contributed by atoms with Gasteiger partial charge < -0.3 is 14.4 Å². The standard InChI is InChI=1S/C27H35ClFNO5S/c1-4-6-13-27(14-7-5-2)18-30(20-11-9-8-10-12-20)23-15-21(28)24(16-25(23)36(32,33)19-27)35-17-22(29)26(31)34-3/h8-12,15-17,32-33H,4-7,13-14,18-19H2,1-3H3/b22-17-. The molecule has 1 heterocycles. The van der Waals surface area contributed by atoms with Gasteiger partial charge in [0.1, 0.15) is 12.0 Å². The van der Waals surface area contributed by atoms with E-state index in [9.17, 15) is 18.3 Å². The first-order valence-electron chi connectivity index (χ1n) is 12.2. The van der Waals surface area contributed by atoms with Crippen molar-refractivity contribution in [2.45, 2.75) is 57.3 Å². The fourth-order valence-electron chi connectivity index (χ4n) is 4.69. The maximum Gasteiger partial charge on any atom is 0.370 e. The molecule has 0 aliphatic carbocycles. The number of halogens is 2. The van der Waals surface area contributed by atoms with Crippen LogP contribution < -0.4 is 9.64 Å². The minimum atomic E-state index is -3.27. The van der Waals surface area contributed by atoms with Crippen molar-refractivity contribution in [2.24, 2.45) is 5.41 Å². The zero-order chi connectivity index (χ0) is 26.3. The number of hydrogen-bond acceptors (Lipinski definition) is 6. The number of fused-ring (bicyclic) bond motifs is 1. The zero-order valence-electron chi connectivity index (χ0n) is 21.0. The summed E-state index contributed by atoms with van der Waals surface area (Å²) in [7, 11) is -2.22. The van der Waals surface area contributed by atoms with Gasteiger partial charge >= 0.3 is 5.97 Å². The number of anilines is 2. The summed E-state index contributed by atoms with van der Waals surface area (Å²) < 4.78 is 46.7. The number of hydrogen-bond donors (Lipinski definition) is 2. The predicted octanol–water partition coefficient (Wildman–Crippen LogP) is 8.33. The van der Waals surface area contributed by atoms with Crippen LogP contribution in [-0.4, -0.2) is 34.5 Å². The van der Waals surface area contributed by atoms with Gasteiger partial charge in [-0.2, -0.15) is 15.0 Å². The Labute approximate surface area is 219 Å². The first-order chi connectivity index (χ1) is 17.2. The normalized spacial score (nSPS) is 17.6. The number of nitrogens with zero attached hydrogens (tertiary/aromatic N) is 1. The minimum Gasteiger partial charge on any atom is -0.464 e. The maximum absolute atomic E-state index is 13.9. The van der Waals surface area contributed by atoms with Gasteiger partial charge in [-0.15, -0.1) is 0 Å². The topological polar surface area (TPSA) is 79.2 Å². The summed E-state index contributed by atoms with van der Waals surface area (Å²) in [6.45, 7) is 4.87. The maximum atomic E-state index is 13.9. The molecule has 9 heteroatoms. The number of para-hydroxylation sites is 1. The van der Waals surface area contributed by atoms with E-state index in [1.807, 2.05) is 30.3 Å². The predicted molar refractivity (Wildman–Crippen MR) is 144 cm³/mol. The van der Waals surface area contributed by atoms with E-state index in [1.54, 1.807) is 6.07 Å². The third kappa shape index (κ3) is 6.54. The molecule has 36 heavy (non-hydrogen) atoms. The van der Waals surface area contributed by atoms with E-state index in [4.69, 9.17) is 16.3 Å². The van der Waals surface area contributed by atoms with E-state index in [0.717, 1.165) is 51.3 Å². The lowest BCUT2D eigenvalue weighted by Gasteiger charge is -2.42. The van der Waals surface area contributed by atoms with E-state index in [1.165, 1.54) is 6.07 Å². The number of rotatable bonds is 10. The summed E-state index contributed by atoms with van der Waals surface area (Å²) in [6.07, 6.45) is 6.29. The molecule has 0 saturated heterocycles. The van der Waals surface area contributed by atoms with Crippen molar-refractivity contribution in [3.63, 3.8) is 0 Å². The smallest absolute Gasteiger partial charge is 0.370 e. The highest BCUT2D eigenvalue weighted by Crippen LogP contribution is 2.62. The van der Waals surface area contributed by atoms with Gasteiger partial charge in [0, 0.05) is 29.5 Å². The van der Waals surface area contributed by atoms with Gasteiger partial charge in [-0.05, 0) is 31.0 Å². The van der Waals surface area contributed by atoms with Gasteiger partial charge in [0.15, 0.2) is 0 Å². The molecule has 1 aliphatic rings. The van der Waals surface area contributed by atoms with Gasteiger partial charge in [-0.1, -0.05) is 69.3 Å². The second kappa shape index (κ2) is 12.3. The molecule has 0 atom stereocenters. The molecular weight excluding hydrogens is 505 g/mol. The van der Waals surface area contributed by atoms with Crippen LogP contribution in [0.1, 0.15) is 52.4 Å². The van der Waals surface area contributed by atoms with Crippen molar-refractivity contribution in [2.75, 3.05) is 24.3 Å². The van der Waals surface area contributed by atoms with Crippen molar-refractivity contribution in [1.82, 2.24) is 0 Å². The number of methoxy groups -OCH3 is 1. The first-order valence-corrected chi connectivity index (χ1v) is 14.3. The highest BCUT2D eigenvalue weighted by atomic mass is 35.5. The van der Waals surface area contributed by atoms with Crippen molar-refractivity contribution < 1.29 is 27.8 Å². The van der Waals surface area contributed by atoms with Crippen molar-refractivity contribution >= 4 is 39.5 Å². The molecule has 1 aliphatic heterocycles. The van der Waals surface area contributed by atoms with E-state index in [2.05, 4.69) is 23.5 Å². The lowest BCUT2D eigenvalue weighted by atomic mass is 9.79. The van der Waals surface area contributed by atoms with Crippen LogP contribution in [0.4, 0.5) is 15.8 Å². The molecule has 0 amide bonds. The second-order valence-corrected chi connectivity index (χ2v) is 11.7. The van der Waals surface area contributed by atoms with Crippen LogP contribution in [0.25, 0.3) is 0 Å². The highest BCUT2D eigenvalue weighted by Gasteiger charge is 2.42. The monoisotopic (exact) mass is 539 g/mol. The summed E-state index contributed by atoms with van der Waals surface area (Å²) in [6, 6.07) is 12.8. The van der Waals surface area contributed by atoms with Crippen molar-refractivity contribution in [1.29, 1.82) is 0 Å². The molecule has 0 saturated carbocycles. The Bertz CT molecular complexity index is 1070. The molecule has 0 radical (unpaired) electrons. The third-order valence-corrected chi connectivity index (χ3v) is 8.86. The van der Waals surface area contributed by atoms with Crippen LogP contribution in [0.15, 0.2) is 59.4 Å². The van der Waals surface area contributed by atoms with Crippen LogP contribution in [0, 0.1) is 5.41 Å². The Hall–Kier alpha value is -2.26. The SMILES string of the molecule is CCCCC1(CCCC)CN(c2ccccc2)c2cc(Cl)c(O/C=C(\F)C(=O)OC)cc2S(O)(O)C1. The van der Waals surface area contributed by atoms with Crippen LogP contribution in [0.3, 0.4) is 0 Å². The van der Waals surface area contributed by atoms with Crippen LogP contribution in [0.2, 0.25) is 5.02 Å². The highest BCUT2D eigenvalue weighted by molar-refractivity contribution is 8.24. The fourth-order valence-corrected chi connectivity index (χ4v) is 7.08. The first kappa shape index (κ1) is 28.3. The lowest BCUT2D eigenvalue weighted by Crippen LogP contribution is -2.37. The van der Waals surface area contributed by atoms with E-state index in [-0.39, 0.29) is 26.8 Å².